The Balaban J connectivity index is 3.81. The van der Waals surface area contributed by atoms with Crippen molar-refractivity contribution in [1.29, 1.82) is 0 Å². The van der Waals surface area contributed by atoms with Gasteiger partial charge in [0, 0.05) is 0 Å². The summed E-state index contributed by atoms with van der Waals surface area (Å²) >= 11 is 0. The minimum atomic E-state index is -1.14. The summed E-state index contributed by atoms with van der Waals surface area (Å²) in [5, 5.41) is 12.1. The first kappa shape index (κ1) is 22.4. The lowest BCUT2D eigenvalue weighted by molar-refractivity contribution is -0.269. The van der Waals surface area contributed by atoms with Crippen LogP contribution < -0.4 is 5.11 Å². The van der Waals surface area contributed by atoms with Crippen molar-refractivity contribution in [3.8, 4) is 5.75 Å². The lowest BCUT2D eigenvalue weighted by atomic mass is 10.1. The van der Waals surface area contributed by atoms with Gasteiger partial charge in [0.05, 0.1) is 37.6 Å². The molecular formula is C17H20O9P-. The van der Waals surface area contributed by atoms with E-state index < -0.39 is 51.3 Å². The Kier molecular flexibility index (Phi) is 8.68. The molecule has 0 unspecified atom stereocenters. The number of carbonyl (C=O) groups is 4. The molecule has 0 aliphatic carbocycles. The molecule has 10 heteroatoms. The van der Waals surface area contributed by atoms with Gasteiger partial charge < -0.3 is 24.1 Å². The Morgan fingerprint density at radius 2 is 0.963 bits per heavy atom. The minimum absolute atomic E-state index is 0.0225. The monoisotopic (exact) mass is 399 g/mol. The number of ether oxygens (including phenoxy) is 4. The molecule has 0 amide bonds. The Labute approximate surface area is 157 Å². The third-order valence-corrected chi connectivity index (χ3v) is 4.31. The van der Waals surface area contributed by atoms with Crippen LogP contribution in [0.25, 0.3) is 0 Å². The summed E-state index contributed by atoms with van der Waals surface area (Å²) in [6.45, 7) is 5.93. The predicted molar refractivity (Wildman–Crippen MR) is 92.2 cm³/mol. The van der Waals surface area contributed by atoms with E-state index in [-0.39, 0.29) is 34.6 Å². The summed E-state index contributed by atoms with van der Waals surface area (Å²) in [4.78, 5) is 49.0. The molecule has 0 atom stereocenters. The number of hydrogen-bond acceptors (Lipinski definition) is 9. The maximum atomic E-state index is 12.9. The van der Waals surface area contributed by atoms with Crippen LogP contribution in [-0.2, 0) is 18.9 Å². The fourth-order valence-electron chi connectivity index (χ4n) is 2.04. The van der Waals surface area contributed by atoms with Crippen LogP contribution in [0.1, 0.15) is 68.6 Å². The fourth-order valence-corrected chi connectivity index (χ4v) is 3.19. The van der Waals surface area contributed by atoms with Crippen LogP contribution in [0.4, 0.5) is 0 Å². The van der Waals surface area contributed by atoms with E-state index in [9.17, 15) is 24.3 Å². The van der Waals surface area contributed by atoms with Crippen molar-refractivity contribution in [2.75, 3.05) is 26.4 Å². The van der Waals surface area contributed by atoms with Crippen molar-refractivity contribution in [3.05, 3.63) is 21.7 Å². The first-order valence-electron chi connectivity index (χ1n) is 8.27. The molecule has 0 aromatic carbocycles. The molecular weight excluding hydrogens is 379 g/mol. The number of hydrogen-bond donors (Lipinski definition) is 0. The molecule has 0 spiro atoms. The van der Waals surface area contributed by atoms with Gasteiger partial charge in [0.25, 0.3) is 0 Å². The van der Waals surface area contributed by atoms with Crippen molar-refractivity contribution in [3.63, 3.8) is 0 Å². The van der Waals surface area contributed by atoms with Gasteiger partial charge in [-0.25, -0.2) is 19.2 Å². The first-order chi connectivity index (χ1) is 12.8. The lowest BCUT2D eigenvalue weighted by Gasteiger charge is -2.21. The molecule has 0 fully saturated rings. The second-order valence-electron chi connectivity index (χ2n) is 4.77. The van der Waals surface area contributed by atoms with Gasteiger partial charge in [-0.15, -0.1) is 0 Å². The van der Waals surface area contributed by atoms with Gasteiger partial charge in [-0.2, -0.15) is 0 Å². The van der Waals surface area contributed by atoms with Gasteiger partial charge in [-0.05, 0) is 35.9 Å². The van der Waals surface area contributed by atoms with Gasteiger partial charge in [-0.3, -0.25) is 0 Å². The summed E-state index contributed by atoms with van der Waals surface area (Å²) in [5.41, 5.74) is -1.32. The van der Waals surface area contributed by atoms with Crippen LogP contribution in [0.3, 0.4) is 0 Å². The molecule has 27 heavy (non-hydrogen) atoms. The van der Waals surface area contributed by atoms with E-state index in [0.717, 1.165) is 0 Å². The Bertz CT molecular complexity index is 684. The smallest absolute Gasteiger partial charge is 0.343 e. The second-order valence-corrected chi connectivity index (χ2v) is 5.89. The normalized spacial score (nSPS) is 10.1. The second kappa shape index (κ2) is 10.5. The summed E-state index contributed by atoms with van der Waals surface area (Å²) in [6.07, 6.45) is 0. The highest BCUT2D eigenvalue weighted by atomic mass is 31.0. The highest BCUT2D eigenvalue weighted by Gasteiger charge is 2.30. The molecule has 0 radical (unpaired) electrons. The molecule has 1 rings (SSSR count). The van der Waals surface area contributed by atoms with Gasteiger partial charge in [0.15, 0.2) is 0 Å². The summed E-state index contributed by atoms with van der Waals surface area (Å²) in [7, 11) is -0.182. The van der Waals surface area contributed by atoms with Crippen LogP contribution in [0.2, 0.25) is 0 Å². The number of carbonyl (C=O) groups excluding carboxylic acids is 4. The van der Waals surface area contributed by atoms with Crippen LogP contribution in [0, 0.1) is 0 Å². The fraction of sp³-hybridized carbons (Fsp3) is 0.471. The van der Waals surface area contributed by atoms with E-state index in [0.29, 0.717) is 0 Å². The van der Waals surface area contributed by atoms with Gasteiger partial charge in [-0.1, -0.05) is 5.75 Å². The van der Waals surface area contributed by atoms with E-state index >= 15 is 0 Å². The third kappa shape index (κ3) is 5.17. The lowest BCUT2D eigenvalue weighted by Crippen LogP contribution is -2.22. The summed E-state index contributed by atoms with van der Waals surface area (Å²) in [5.74, 6) is -5.28. The molecule has 0 N–H and O–H groups in total. The average Bonchev–Trinajstić information content (AvgIpc) is 2.61. The van der Waals surface area contributed by atoms with Gasteiger partial charge >= 0.3 is 23.9 Å². The molecule has 0 bridgehead atoms. The quantitative estimate of drug-likeness (QED) is 0.476. The van der Waals surface area contributed by atoms with E-state index in [1.54, 1.807) is 0 Å². The van der Waals surface area contributed by atoms with E-state index in [1.165, 1.54) is 27.7 Å². The molecule has 1 heterocycles. The van der Waals surface area contributed by atoms with Gasteiger partial charge in [0.1, 0.15) is 10.6 Å². The maximum absolute atomic E-state index is 12.9. The predicted octanol–water partition coefficient (Wildman–Crippen LogP) is 2.05. The maximum Gasteiger partial charge on any atom is 0.343 e. The van der Waals surface area contributed by atoms with Crippen LogP contribution in [-0.4, -0.2) is 50.3 Å². The van der Waals surface area contributed by atoms with Crippen molar-refractivity contribution >= 4 is 32.1 Å². The Hall–Kier alpha value is -2.67. The Morgan fingerprint density at radius 1 is 0.667 bits per heavy atom. The highest BCUT2D eigenvalue weighted by molar-refractivity contribution is 7.35. The zero-order valence-corrected chi connectivity index (χ0v) is 16.3. The third-order valence-electron chi connectivity index (χ3n) is 3.05. The van der Waals surface area contributed by atoms with Crippen LogP contribution in [0.5, 0.6) is 5.75 Å². The topological polar surface area (TPSA) is 128 Å². The number of esters is 4. The summed E-state index contributed by atoms with van der Waals surface area (Å²) in [6, 6.07) is 0. The zero-order chi connectivity index (χ0) is 20.6. The first-order valence-corrected chi connectivity index (χ1v) is 9.16. The van der Waals surface area contributed by atoms with E-state index in [1.807, 2.05) is 0 Å². The van der Waals surface area contributed by atoms with Crippen molar-refractivity contribution < 1.29 is 43.2 Å². The van der Waals surface area contributed by atoms with Gasteiger partial charge in [0.2, 0.25) is 0 Å². The van der Waals surface area contributed by atoms with Crippen LogP contribution in [0.15, 0.2) is 0 Å². The standard InChI is InChI=1S/C17H21O9P/c1-5-23-14(19)9-11(18)10(15(20)24-6-2)13(17(22)26-8-4)27-12(9)16(21)25-7-3/h18H,5-8H2,1-4H3/p-1. The molecule has 0 aliphatic heterocycles. The van der Waals surface area contributed by atoms with Crippen molar-refractivity contribution in [1.82, 2.24) is 0 Å². The molecule has 0 saturated carbocycles. The molecule has 0 saturated heterocycles. The molecule has 1 aromatic heterocycles. The molecule has 1 aromatic rings. The summed E-state index contributed by atoms with van der Waals surface area (Å²) < 4.78 is 19.4. The minimum Gasteiger partial charge on any atom is -0.871 e. The van der Waals surface area contributed by atoms with E-state index in [4.69, 9.17) is 18.9 Å². The van der Waals surface area contributed by atoms with Crippen molar-refractivity contribution in [2.24, 2.45) is 0 Å². The number of rotatable bonds is 8. The molecule has 9 nitrogen and oxygen atoms in total. The largest absolute Gasteiger partial charge is 0.871 e. The molecule has 0 aliphatic rings. The van der Waals surface area contributed by atoms with E-state index in [2.05, 4.69) is 0 Å². The molecule has 148 valence electrons. The van der Waals surface area contributed by atoms with Crippen LogP contribution >= 0.6 is 8.19 Å². The average molecular weight is 399 g/mol. The van der Waals surface area contributed by atoms with Crippen molar-refractivity contribution in [2.45, 2.75) is 27.7 Å². The SMILES string of the molecule is CCOC(=O)c1pc(C(=O)OCC)c(C(=O)OCC)c([O-])c1C(=O)OCC. The zero-order valence-electron chi connectivity index (χ0n) is 15.4. The highest BCUT2D eigenvalue weighted by Crippen LogP contribution is 2.37. The Morgan fingerprint density at radius 3 is 1.26 bits per heavy atom.